The minimum Gasteiger partial charge on any atom is -0.494 e. The summed E-state index contributed by atoms with van der Waals surface area (Å²) in [6.45, 7) is 0.0367. The Balaban J connectivity index is 1.57. The molecule has 5 nitrogen and oxygen atoms in total. The number of nitrogens with one attached hydrogen (secondary N) is 1. The molecule has 0 bridgehead atoms. The zero-order valence-electron chi connectivity index (χ0n) is 14.4. The highest BCUT2D eigenvalue weighted by atomic mass is 19.1. The molecule has 1 aliphatic carbocycles. The van der Waals surface area contributed by atoms with E-state index >= 15 is 0 Å². The first-order chi connectivity index (χ1) is 12.5. The average molecular weight is 354 g/mol. The number of hydrogen-bond donors (Lipinski definition) is 1. The third-order valence-electron chi connectivity index (χ3n) is 5.23. The van der Waals surface area contributed by atoms with Crippen LogP contribution in [0, 0.1) is 5.82 Å². The van der Waals surface area contributed by atoms with Crippen molar-refractivity contribution in [3.05, 3.63) is 65.0 Å². The summed E-state index contributed by atoms with van der Waals surface area (Å²) < 4.78 is 18.8. The molecule has 0 radical (unpaired) electrons. The van der Waals surface area contributed by atoms with Gasteiger partial charge in [-0.25, -0.2) is 9.18 Å². The highest BCUT2D eigenvalue weighted by Crippen LogP contribution is 2.34. The van der Waals surface area contributed by atoms with Crippen molar-refractivity contribution in [1.82, 2.24) is 10.2 Å². The largest absolute Gasteiger partial charge is 0.494 e. The van der Waals surface area contributed by atoms with Crippen molar-refractivity contribution in [2.45, 2.75) is 31.3 Å². The zero-order chi connectivity index (χ0) is 18.3. The van der Waals surface area contributed by atoms with Gasteiger partial charge in [-0.2, -0.15) is 0 Å². The molecule has 0 aromatic heterocycles. The van der Waals surface area contributed by atoms with Gasteiger partial charge in [0.25, 0.3) is 5.91 Å². The zero-order valence-corrected chi connectivity index (χ0v) is 14.4. The molecule has 1 aliphatic heterocycles. The van der Waals surface area contributed by atoms with Gasteiger partial charge < -0.3 is 10.1 Å². The summed E-state index contributed by atoms with van der Waals surface area (Å²) in [6, 6.07) is 12.0. The van der Waals surface area contributed by atoms with Crippen molar-refractivity contribution in [3.63, 3.8) is 0 Å². The van der Waals surface area contributed by atoms with E-state index < -0.39 is 17.4 Å². The molecule has 26 heavy (non-hydrogen) atoms. The standard InChI is InChI=1S/C20H19FN2O3/c1-26-17-7-6-13(10-16(17)21)12-23-18(24)20(22-19(23)25)9-8-14-4-2-3-5-15(14)11-20/h2-7,10H,8-9,11-12H2,1H3,(H,22,25). The first kappa shape index (κ1) is 16.6. The maximum atomic E-state index is 13.9. The Morgan fingerprint density at radius 1 is 1.19 bits per heavy atom. The lowest BCUT2D eigenvalue weighted by atomic mass is 9.78. The molecule has 1 spiro atoms. The van der Waals surface area contributed by atoms with Crippen molar-refractivity contribution in [2.75, 3.05) is 7.11 Å². The fraction of sp³-hybridized carbons (Fsp3) is 0.300. The van der Waals surface area contributed by atoms with Crippen molar-refractivity contribution < 1.29 is 18.7 Å². The summed E-state index contributed by atoms with van der Waals surface area (Å²) >= 11 is 0. The lowest BCUT2D eigenvalue weighted by Gasteiger charge is -2.32. The molecule has 1 N–H and O–H groups in total. The number of amides is 3. The van der Waals surface area contributed by atoms with Crippen molar-refractivity contribution in [2.24, 2.45) is 0 Å². The molecule has 2 aromatic rings. The van der Waals surface area contributed by atoms with Gasteiger partial charge >= 0.3 is 6.03 Å². The number of nitrogens with zero attached hydrogens (tertiary/aromatic N) is 1. The second-order valence-electron chi connectivity index (χ2n) is 6.82. The van der Waals surface area contributed by atoms with E-state index in [4.69, 9.17) is 4.74 Å². The molecule has 6 heteroatoms. The number of benzene rings is 2. The van der Waals surface area contributed by atoms with E-state index in [1.54, 1.807) is 6.07 Å². The van der Waals surface area contributed by atoms with Gasteiger partial charge in [-0.05, 0) is 41.7 Å². The van der Waals surface area contributed by atoms with Crippen molar-refractivity contribution in [3.8, 4) is 5.75 Å². The van der Waals surface area contributed by atoms with Crippen LogP contribution in [-0.4, -0.2) is 29.5 Å². The molecule has 2 aromatic carbocycles. The second-order valence-corrected chi connectivity index (χ2v) is 6.82. The molecular formula is C20H19FN2O3. The monoisotopic (exact) mass is 354 g/mol. The van der Waals surface area contributed by atoms with Crippen LogP contribution >= 0.6 is 0 Å². The van der Waals surface area contributed by atoms with Crippen LogP contribution in [0.4, 0.5) is 9.18 Å². The smallest absolute Gasteiger partial charge is 0.325 e. The number of ether oxygens (including phenoxy) is 1. The molecule has 1 saturated heterocycles. The molecule has 4 rings (SSSR count). The highest BCUT2D eigenvalue weighted by molar-refractivity contribution is 6.07. The quantitative estimate of drug-likeness (QED) is 0.863. The van der Waals surface area contributed by atoms with Gasteiger partial charge in [-0.15, -0.1) is 0 Å². The summed E-state index contributed by atoms with van der Waals surface area (Å²) in [5.74, 6) is -0.627. The Hall–Kier alpha value is -2.89. The van der Waals surface area contributed by atoms with Crippen LogP contribution in [0.5, 0.6) is 5.75 Å². The Labute approximate surface area is 150 Å². The van der Waals surface area contributed by atoms with Crippen LogP contribution in [0.1, 0.15) is 23.1 Å². The number of fused-ring (bicyclic) bond motifs is 1. The van der Waals surface area contributed by atoms with Crippen molar-refractivity contribution in [1.29, 1.82) is 0 Å². The Morgan fingerprint density at radius 2 is 1.96 bits per heavy atom. The summed E-state index contributed by atoms with van der Waals surface area (Å²) in [5.41, 5.74) is 1.96. The van der Waals surface area contributed by atoms with E-state index in [0.29, 0.717) is 18.4 Å². The van der Waals surface area contributed by atoms with Crippen LogP contribution in [0.3, 0.4) is 0 Å². The molecule has 1 unspecified atom stereocenters. The number of aryl methyl sites for hydroxylation is 1. The fourth-order valence-electron chi connectivity index (χ4n) is 3.84. The highest BCUT2D eigenvalue weighted by Gasteiger charge is 2.52. The minimum absolute atomic E-state index is 0.0367. The number of carbonyl (C=O) groups excluding carboxylic acids is 2. The maximum Gasteiger partial charge on any atom is 0.325 e. The molecule has 2 aliphatic rings. The van der Waals surface area contributed by atoms with Gasteiger partial charge in [0.2, 0.25) is 0 Å². The topological polar surface area (TPSA) is 58.6 Å². The van der Waals surface area contributed by atoms with Crippen molar-refractivity contribution >= 4 is 11.9 Å². The number of rotatable bonds is 3. The summed E-state index contributed by atoms with van der Waals surface area (Å²) in [6.07, 6.45) is 1.80. The normalized spacial score (nSPS) is 21.7. The Morgan fingerprint density at radius 3 is 2.69 bits per heavy atom. The molecule has 3 amide bonds. The maximum absolute atomic E-state index is 13.9. The summed E-state index contributed by atoms with van der Waals surface area (Å²) in [7, 11) is 1.39. The first-order valence-corrected chi connectivity index (χ1v) is 8.56. The lowest BCUT2D eigenvalue weighted by Crippen LogP contribution is -2.51. The molecule has 1 heterocycles. The predicted octanol–water partition coefficient (Wildman–Crippen LogP) is 2.81. The Kier molecular flexibility index (Phi) is 3.90. The molecule has 0 saturated carbocycles. The van der Waals surface area contributed by atoms with Crippen LogP contribution in [0.2, 0.25) is 0 Å². The number of imide groups is 1. The second kappa shape index (κ2) is 6.12. The number of urea groups is 1. The van der Waals surface area contributed by atoms with E-state index in [1.807, 2.05) is 18.2 Å². The van der Waals surface area contributed by atoms with Crippen LogP contribution in [0.15, 0.2) is 42.5 Å². The van der Waals surface area contributed by atoms with Gasteiger partial charge in [0.1, 0.15) is 5.54 Å². The lowest BCUT2D eigenvalue weighted by molar-refractivity contribution is -0.132. The molecular weight excluding hydrogens is 335 g/mol. The SMILES string of the molecule is COc1ccc(CN2C(=O)NC3(CCc4ccccc4C3)C2=O)cc1F. The number of hydrogen-bond acceptors (Lipinski definition) is 3. The minimum atomic E-state index is -0.892. The van der Waals surface area contributed by atoms with E-state index in [9.17, 15) is 14.0 Å². The third kappa shape index (κ3) is 2.62. The average Bonchev–Trinajstić information content (AvgIpc) is 2.86. The van der Waals surface area contributed by atoms with E-state index in [-0.39, 0.29) is 18.2 Å². The van der Waals surface area contributed by atoms with Gasteiger partial charge in [0, 0.05) is 6.42 Å². The van der Waals surface area contributed by atoms with Gasteiger partial charge in [-0.3, -0.25) is 9.69 Å². The van der Waals surface area contributed by atoms with E-state index in [1.165, 1.54) is 29.7 Å². The van der Waals surface area contributed by atoms with Crippen LogP contribution in [0.25, 0.3) is 0 Å². The van der Waals surface area contributed by atoms with E-state index in [2.05, 4.69) is 11.4 Å². The summed E-state index contributed by atoms with van der Waals surface area (Å²) in [4.78, 5) is 26.7. The third-order valence-corrected chi connectivity index (χ3v) is 5.23. The molecule has 134 valence electrons. The predicted molar refractivity (Wildman–Crippen MR) is 93.2 cm³/mol. The molecule has 1 fully saturated rings. The van der Waals surface area contributed by atoms with E-state index in [0.717, 1.165) is 12.0 Å². The fourth-order valence-corrected chi connectivity index (χ4v) is 3.84. The first-order valence-electron chi connectivity index (χ1n) is 8.56. The number of halogens is 1. The van der Waals surface area contributed by atoms with Gasteiger partial charge in [0.05, 0.1) is 13.7 Å². The van der Waals surface area contributed by atoms with Crippen LogP contribution in [-0.2, 0) is 24.2 Å². The Bertz CT molecular complexity index is 898. The number of methoxy groups -OCH3 is 1. The summed E-state index contributed by atoms with van der Waals surface area (Å²) in [5, 5.41) is 2.89. The molecule has 1 atom stereocenters. The van der Waals surface area contributed by atoms with Crippen LogP contribution < -0.4 is 10.1 Å². The van der Waals surface area contributed by atoms with Gasteiger partial charge in [-0.1, -0.05) is 30.3 Å². The number of carbonyl (C=O) groups is 2. The van der Waals surface area contributed by atoms with Gasteiger partial charge in [0.15, 0.2) is 11.6 Å².